The number of methoxy groups -OCH3 is 1. The molecule has 6 heteroatoms. The topological polar surface area (TPSA) is 50.8 Å². The molecule has 2 aromatic rings. The van der Waals surface area contributed by atoms with E-state index < -0.39 is 0 Å². The Morgan fingerprint density at radius 2 is 1.84 bits per heavy atom. The first-order valence-corrected chi connectivity index (χ1v) is 8.32. The number of hydrogen-bond donors (Lipinski definition) is 1. The van der Waals surface area contributed by atoms with Crippen molar-refractivity contribution in [3.05, 3.63) is 47.0 Å². The molecule has 25 heavy (non-hydrogen) atoms. The molecule has 0 bridgehead atoms. The summed E-state index contributed by atoms with van der Waals surface area (Å²) in [6.45, 7) is 3.87. The van der Waals surface area contributed by atoms with E-state index in [1.807, 2.05) is 38.9 Å². The zero-order valence-electron chi connectivity index (χ0n) is 15.1. The van der Waals surface area contributed by atoms with Gasteiger partial charge in [0.2, 0.25) is 0 Å². The first-order chi connectivity index (χ1) is 11.8. The summed E-state index contributed by atoms with van der Waals surface area (Å²) in [6.07, 6.45) is 0.0164. The van der Waals surface area contributed by atoms with E-state index >= 15 is 0 Å². The van der Waals surface area contributed by atoms with E-state index in [9.17, 15) is 4.79 Å². The van der Waals surface area contributed by atoms with Crippen LogP contribution in [0, 0.1) is 0 Å². The fraction of sp³-hybridized carbons (Fsp3) is 0.316. The van der Waals surface area contributed by atoms with Crippen LogP contribution in [0.25, 0.3) is 0 Å². The first kappa shape index (κ1) is 18.9. The van der Waals surface area contributed by atoms with Crippen molar-refractivity contribution >= 4 is 28.9 Å². The third kappa shape index (κ3) is 4.79. The van der Waals surface area contributed by atoms with Crippen molar-refractivity contribution in [1.82, 2.24) is 0 Å². The van der Waals surface area contributed by atoms with Crippen LogP contribution in [0.5, 0.6) is 11.5 Å². The van der Waals surface area contributed by atoms with Crippen molar-refractivity contribution in [2.45, 2.75) is 20.0 Å². The van der Waals surface area contributed by atoms with Crippen LogP contribution in [0.4, 0.5) is 11.4 Å². The van der Waals surface area contributed by atoms with Crippen LogP contribution in [-0.2, 0) is 0 Å². The average molecular weight is 363 g/mol. The lowest BCUT2D eigenvalue weighted by Gasteiger charge is -2.19. The fourth-order valence-electron chi connectivity index (χ4n) is 2.35. The molecule has 0 aliphatic rings. The van der Waals surface area contributed by atoms with E-state index in [-0.39, 0.29) is 12.0 Å². The predicted molar refractivity (Wildman–Crippen MR) is 102 cm³/mol. The third-order valence-electron chi connectivity index (χ3n) is 3.48. The van der Waals surface area contributed by atoms with Crippen LogP contribution in [0.2, 0.25) is 5.02 Å². The molecule has 5 nitrogen and oxygen atoms in total. The van der Waals surface area contributed by atoms with E-state index in [0.29, 0.717) is 27.8 Å². The Hall–Kier alpha value is -2.40. The minimum Gasteiger partial charge on any atom is -0.493 e. The van der Waals surface area contributed by atoms with Gasteiger partial charge < -0.3 is 19.7 Å². The number of carbonyl (C=O) groups is 1. The van der Waals surface area contributed by atoms with Crippen LogP contribution in [0.3, 0.4) is 0 Å². The SMILES string of the molecule is COc1cc(C(=O)Nc2cc(Cl)ccc2N(C)C)ccc1OC(C)C. The molecule has 134 valence electrons. The number of ether oxygens (including phenoxy) is 2. The van der Waals surface area contributed by atoms with E-state index in [1.54, 1.807) is 37.4 Å². The number of rotatable bonds is 6. The highest BCUT2D eigenvalue weighted by Gasteiger charge is 2.14. The lowest BCUT2D eigenvalue weighted by Crippen LogP contribution is -2.17. The molecule has 0 saturated heterocycles. The summed E-state index contributed by atoms with van der Waals surface area (Å²) < 4.78 is 11.0. The summed E-state index contributed by atoms with van der Waals surface area (Å²) in [7, 11) is 5.35. The largest absolute Gasteiger partial charge is 0.493 e. The number of carbonyl (C=O) groups excluding carboxylic acids is 1. The highest BCUT2D eigenvalue weighted by atomic mass is 35.5. The normalized spacial score (nSPS) is 10.5. The lowest BCUT2D eigenvalue weighted by molar-refractivity contribution is 0.102. The maximum atomic E-state index is 12.6. The second-order valence-corrected chi connectivity index (χ2v) is 6.48. The van der Waals surface area contributed by atoms with Crippen molar-refractivity contribution in [3.8, 4) is 11.5 Å². The van der Waals surface area contributed by atoms with E-state index in [4.69, 9.17) is 21.1 Å². The number of amides is 1. The van der Waals surface area contributed by atoms with Gasteiger partial charge in [-0.05, 0) is 50.2 Å². The number of nitrogens with one attached hydrogen (secondary N) is 1. The number of hydrogen-bond acceptors (Lipinski definition) is 4. The summed E-state index contributed by atoms with van der Waals surface area (Å²) in [4.78, 5) is 14.5. The molecule has 2 rings (SSSR count). The first-order valence-electron chi connectivity index (χ1n) is 7.94. The predicted octanol–water partition coefficient (Wildman–Crippen LogP) is 4.45. The van der Waals surface area contributed by atoms with Crippen LogP contribution < -0.4 is 19.7 Å². The lowest BCUT2D eigenvalue weighted by atomic mass is 10.1. The Bertz CT molecular complexity index is 760. The molecule has 0 heterocycles. The summed E-state index contributed by atoms with van der Waals surface area (Å²) in [5.74, 6) is 0.867. The average Bonchev–Trinajstić information content (AvgIpc) is 2.54. The third-order valence-corrected chi connectivity index (χ3v) is 3.71. The minimum absolute atomic E-state index is 0.0164. The Morgan fingerprint density at radius 3 is 2.44 bits per heavy atom. The highest BCUT2D eigenvalue weighted by Crippen LogP contribution is 2.31. The molecule has 0 radical (unpaired) electrons. The molecule has 1 N–H and O–H groups in total. The molecule has 0 unspecified atom stereocenters. The molecular weight excluding hydrogens is 340 g/mol. The van der Waals surface area contributed by atoms with E-state index in [2.05, 4.69) is 5.32 Å². The van der Waals surface area contributed by atoms with Crippen molar-refractivity contribution in [2.24, 2.45) is 0 Å². The van der Waals surface area contributed by atoms with Gasteiger partial charge in [-0.25, -0.2) is 0 Å². The zero-order chi connectivity index (χ0) is 18.6. The Kier molecular flexibility index (Phi) is 6.15. The van der Waals surface area contributed by atoms with Gasteiger partial charge in [0, 0.05) is 24.7 Å². The van der Waals surface area contributed by atoms with Gasteiger partial charge >= 0.3 is 0 Å². The van der Waals surface area contributed by atoms with Crippen molar-refractivity contribution in [1.29, 1.82) is 0 Å². The molecule has 1 amide bonds. The summed E-state index contributed by atoms with van der Waals surface area (Å²) in [5, 5.41) is 3.45. The van der Waals surface area contributed by atoms with Crippen LogP contribution in [0.1, 0.15) is 24.2 Å². The monoisotopic (exact) mass is 362 g/mol. The standard InChI is InChI=1S/C19H23ClN2O3/c1-12(2)25-17-9-6-13(10-18(17)24-5)19(23)21-15-11-14(20)7-8-16(15)22(3)4/h6-12H,1-5H3,(H,21,23). The molecule has 0 aromatic heterocycles. The summed E-state index contributed by atoms with van der Waals surface area (Å²) >= 11 is 6.06. The highest BCUT2D eigenvalue weighted by molar-refractivity contribution is 6.31. The molecule has 2 aromatic carbocycles. The number of benzene rings is 2. The summed E-state index contributed by atoms with van der Waals surface area (Å²) in [6, 6.07) is 10.5. The second kappa shape index (κ2) is 8.12. The minimum atomic E-state index is -0.250. The van der Waals surface area contributed by atoms with Crippen molar-refractivity contribution in [3.63, 3.8) is 0 Å². The quantitative estimate of drug-likeness (QED) is 0.824. The molecule has 0 atom stereocenters. The maximum Gasteiger partial charge on any atom is 0.255 e. The van der Waals surface area contributed by atoms with Gasteiger partial charge in [-0.1, -0.05) is 11.6 Å². The Labute approximate surface area is 153 Å². The molecule has 0 saturated carbocycles. The zero-order valence-corrected chi connectivity index (χ0v) is 15.8. The van der Waals surface area contributed by atoms with Gasteiger partial charge in [-0.2, -0.15) is 0 Å². The van der Waals surface area contributed by atoms with Gasteiger partial charge in [0.15, 0.2) is 11.5 Å². The number of halogens is 1. The molecule has 0 fully saturated rings. The molecule has 0 aliphatic heterocycles. The second-order valence-electron chi connectivity index (χ2n) is 6.04. The Morgan fingerprint density at radius 1 is 1.12 bits per heavy atom. The van der Waals surface area contributed by atoms with Crippen LogP contribution in [-0.4, -0.2) is 33.2 Å². The smallest absolute Gasteiger partial charge is 0.255 e. The van der Waals surface area contributed by atoms with Crippen LogP contribution >= 0.6 is 11.6 Å². The van der Waals surface area contributed by atoms with Gasteiger partial charge in [0.25, 0.3) is 5.91 Å². The fourth-order valence-corrected chi connectivity index (χ4v) is 2.53. The van der Waals surface area contributed by atoms with Gasteiger partial charge in [-0.15, -0.1) is 0 Å². The van der Waals surface area contributed by atoms with Gasteiger partial charge in [0.05, 0.1) is 24.6 Å². The maximum absolute atomic E-state index is 12.6. The number of anilines is 2. The molecule has 0 spiro atoms. The van der Waals surface area contributed by atoms with Crippen molar-refractivity contribution < 1.29 is 14.3 Å². The van der Waals surface area contributed by atoms with Gasteiger partial charge in [-0.3, -0.25) is 4.79 Å². The van der Waals surface area contributed by atoms with Gasteiger partial charge in [0.1, 0.15) is 0 Å². The molecule has 0 aliphatic carbocycles. The van der Waals surface area contributed by atoms with Crippen molar-refractivity contribution in [2.75, 3.05) is 31.4 Å². The molecular formula is C19H23ClN2O3. The Balaban J connectivity index is 2.28. The van der Waals surface area contributed by atoms with E-state index in [1.165, 1.54) is 0 Å². The van der Waals surface area contributed by atoms with Crippen LogP contribution in [0.15, 0.2) is 36.4 Å². The summed E-state index contributed by atoms with van der Waals surface area (Å²) in [5.41, 5.74) is 1.98. The number of nitrogens with zero attached hydrogens (tertiary/aromatic N) is 1. The van der Waals surface area contributed by atoms with E-state index in [0.717, 1.165) is 5.69 Å².